The van der Waals surface area contributed by atoms with Gasteiger partial charge in [0, 0.05) is 6.42 Å². The Labute approximate surface area is 148 Å². The summed E-state index contributed by atoms with van der Waals surface area (Å²) in [6, 6.07) is 5.14. The van der Waals surface area contributed by atoms with Crippen LogP contribution in [0.1, 0.15) is 37.3 Å². The number of carbonyl (C=O) groups excluding carboxylic acids is 1. The molecule has 1 aromatic carbocycles. The second-order valence-corrected chi connectivity index (χ2v) is 7.01. The van der Waals surface area contributed by atoms with Crippen molar-refractivity contribution in [2.45, 2.75) is 46.1 Å². The number of aryl methyl sites for hydroxylation is 2. The molecule has 0 spiro atoms. The van der Waals surface area contributed by atoms with Crippen LogP contribution in [-0.2, 0) is 9.59 Å². The van der Waals surface area contributed by atoms with Gasteiger partial charge in [0.15, 0.2) is 0 Å². The molecule has 0 saturated heterocycles. The fourth-order valence-electron chi connectivity index (χ4n) is 2.30. The first-order valence-corrected chi connectivity index (χ1v) is 9.40. The maximum Gasteiger partial charge on any atom is 0.326 e. The molecule has 0 radical (unpaired) electrons. The molecule has 0 fully saturated rings. The number of ether oxygens (including phenoxy) is 1. The Hall–Kier alpha value is -1.69. The number of carboxylic acid groups (broad SMARTS) is 1. The molecule has 2 N–H and O–H groups in total. The third-order valence-corrected chi connectivity index (χ3v) is 4.52. The Kier molecular flexibility index (Phi) is 9.30. The molecule has 0 saturated carbocycles. The molecule has 1 rings (SSSR count). The molecule has 6 heteroatoms. The summed E-state index contributed by atoms with van der Waals surface area (Å²) >= 11 is 1.67. The Morgan fingerprint density at radius 3 is 2.54 bits per heavy atom. The molecule has 0 bridgehead atoms. The van der Waals surface area contributed by atoms with Gasteiger partial charge in [-0.25, -0.2) is 4.79 Å². The maximum atomic E-state index is 11.9. The summed E-state index contributed by atoms with van der Waals surface area (Å²) in [4.78, 5) is 23.1. The van der Waals surface area contributed by atoms with Crippen molar-refractivity contribution in [3.63, 3.8) is 0 Å². The Morgan fingerprint density at radius 2 is 1.96 bits per heavy atom. The van der Waals surface area contributed by atoms with Gasteiger partial charge in [0.05, 0.1) is 6.61 Å². The predicted molar refractivity (Wildman–Crippen MR) is 97.8 cm³/mol. The van der Waals surface area contributed by atoms with Crippen LogP contribution in [0.5, 0.6) is 5.75 Å². The van der Waals surface area contributed by atoms with Gasteiger partial charge in [0.2, 0.25) is 5.91 Å². The van der Waals surface area contributed by atoms with Gasteiger partial charge in [0.25, 0.3) is 0 Å². The summed E-state index contributed by atoms with van der Waals surface area (Å²) < 4.78 is 5.75. The molecular weight excluding hydrogens is 326 g/mol. The zero-order valence-corrected chi connectivity index (χ0v) is 15.4. The Bertz CT molecular complexity index is 528. The molecule has 0 aliphatic heterocycles. The smallest absolute Gasteiger partial charge is 0.326 e. The highest BCUT2D eigenvalue weighted by Crippen LogP contribution is 2.22. The van der Waals surface area contributed by atoms with Crippen LogP contribution < -0.4 is 10.1 Å². The first kappa shape index (κ1) is 20.4. The number of benzene rings is 1. The van der Waals surface area contributed by atoms with Crippen molar-refractivity contribution in [2.75, 3.05) is 18.1 Å². The summed E-state index contributed by atoms with van der Waals surface area (Å²) in [6.07, 6.45) is 1.25. The van der Waals surface area contributed by atoms with Crippen molar-refractivity contribution in [1.29, 1.82) is 0 Å². The summed E-state index contributed by atoms with van der Waals surface area (Å²) in [5.41, 5.74) is 2.14. The molecule has 134 valence electrons. The van der Waals surface area contributed by atoms with Gasteiger partial charge in [-0.1, -0.05) is 25.1 Å². The zero-order chi connectivity index (χ0) is 17.9. The molecule has 5 nitrogen and oxygen atoms in total. The number of thioether (sulfide) groups is 1. The van der Waals surface area contributed by atoms with E-state index < -0.39 is 12.0 Å². The van der Waals surface area contributed by atoms with Crippen LogP contribution >= 0.6 is 11.8 Å². The van der Waals surface area contributed by atoms with E-state index in [2.05, 4.69) is 5.32 Å². The lowest BCUT2D eigenvalue weighted by Crippen LogP contribution is -2.41. The van der Waals surface area contributed by atoms with E-state index in [4.69, 9.17) is 9.84 Å². The quantitative estimate of drug-likeness (QED) is 0.598. The van der Waals surface area contributed by atoms with Gasteiger partial charge in [-0.3, -0.25) is 4.79 Å². The minimum absolute atomic E-state index is 0.242. The van der Waals surface area contributed by atoms with Gasteiger partial charge in [0.1, 0.15) is 11.8 Å². The SMILES string of the molecule is CCSCCC(NC(=O)CCCOc1c(C)cccc1C)C(=O)O. The lowest BCUT2D eigenvalue weighted by molar-refractivity contribution is -0.141. The van der Waals surface area contributed by atoms with Gasteiger partial charge >= 0.3 is 5.97 Å². The maximum absolute atomic E-state index is 11.9. The van der Waals surface area contributed by atoms with Gasteiger partial charge in [-0.15, -0.1) is 0 Å². The third kappa shape index (κ3) is 7.25. The van der Waals surface area contributed by atoms with Crippen molar-refractivity contribution in [2.24, 2.45) is 0 Å². The number of amides is 1. The molecular formula is C18H27NO4S. The minimum Gasteiger partial charge on any atom is -0.493 e. The number of hydrogen-bond donors (Lipinski definition) is 2. The Morgan fingerprint density at radius 1 is 1.29 bits per heavy atom. The molecule has 1 amide bonds. The van der Waals surface area contributed by atoms with E-state index in [9.17, 15) is 9.59 Å². The van der Waals surface area contributed by atoms with Crippen molar-refractivity contribution in [3.8, 4) is 5.75 Å². The normalized spacial score (nSPS) is 11.8. The van der Waals surface area contributed by atoms with E-state index in [0.717, 1.165) is 28.4 Å². The minimum atomic E-state index is -0.980. The summed E-state index contributed by atoms with van der Waals surface area (Å²) in [5, 5.41) is 11.7. The fourth-order valence-corrected chi connectivity index (χ4v) is 2.99. The standard InChI is InChI=1S/C18H27NO4S/c1-4-24-12-10-15(18(21)22)19-16(20)9-6-11-23-17-13(2)7-5-8-14(17)3/h5,7-8,15H,4,6,9-12H2,1-3H3,(H,19,20)(H,21,22). The number of para-hydroxylation sites is 1. The van der Waals surface area contributed by atoms with E-state index in [-0.39, 0.29) is 12.3 Å². The zero-order valence-electron chi connectivity index (χ0n) is 14.6. The van der Waals surface area contributed by atoms with Crippen LogP contribution in [0, 0.1) is 13.8 Å². The highest BCUT2D eigenvalue weighted by Gasteiger charge is 2.19. The highest BCUT2D eigenvalue weighted by atomic mass is 32.2. The molecule has 24 heavy (non-hydrogen) atoms. The van der Waals surface area contributed by atoms with Gasteiger partial charge < -0.3 is 15.2 Å². The first-order valence-electron chi connectivity index (χ1n) is 8.24. The molecule has 1 unspecified atom stereocenters. The molecule has 1 atom stereocenters. The van der Waals surface area contributed by atoms with E-state index in [0.29, 0.717) is 19.4 Å². The van der Waals surface area contributed by atoms with Crippen molar-refractivity contribution < 1.29 is 19.4 Å². The van der Waals surface area contributed by atoms with Crippen LogP contribution in [-0.4, -0.2) is 41.1 Å². The average Bonchev–Trinajstić information content (AvgIpc) is 2.52. The molecule has 0 heterocycles. The number of hydrogen-bond acceptors (Lipinski definition) is 4. The van der Waals surface area contributed by atoms with Gasteiger partial charge in [-0.05, 0) is 49.3 Å². The van der Waals surface area contributed by atoms with E-state index in [1.165, 1.54) is 0 Å². The highest BCUT2D eigenvalue weighted by molar-refractivity contribution is 7.99. The monoisotopic (exact) mass is 353 g/mol. The summed E-state index contributed by atoms with van der Waals surface area (Å²) in [7, 11) is 0. The number of rotatable bonds is 11. The second kappa shape index (κ2) is 11.0. The summed E-state index contributed by atoms with van der Waals surface area (Å²) in [6.45, 7) is 6.43. The van der Waals surface area contributed by atoms with Crippen LogP contribution in [0.25, 0.3) is 0 Å². The van der Waals surface area contributed by atoms with Crippen molar-refractivity contribution >= 4 is 23.6 Å². The molecule has 0 aromatic heterocycles. The number of aliphatic carboxylic acids is 1. The number of carboxylic acids is 1. The largest absolute Gasteiger partial charge is 0.493 e. The van der Waals surface area contributed by atoms with Crippen molar-refractivity contribution in [1.82, 2.24) is 5.32 Å². The van der Waals surface area contributed by atoms with Crippen LogP contribution in [0.15, 0.2) is 18.2 Å². The lowest BCUT2D eigenvalue weighted by atomic mass is 10.1. The van der Waals surface area contributed by atoms with Crippen LogP contribution in [0.2, 0.25) is 0 Å². The van der Waals surface area contributed by atoms with E-state index in [1.54, 1.807) is 11.8 Å². The van der Waals surface area contributed by atoms with Gasteiger partial charge in [-0.2, -0.15) is 11.8 Å². The lowest BCUT2D eigenvalue weighted by Gasteiger charge is -2.15. The molecule has 0 aliphatic rings. The van der Waals surface area contributed by atoms with Crippen LogP contribution in [0.3, 0.4) is 0 Å². The Balaban J connectivity index is 2.33. The van der Waals surface area contributed by atoms with Crippen molar-refractivity contribution in [3.05, 3.63) is 29.3 Å². The fraction of sp³-hybridized carbons (Fsp3) is 0.556. The molecule has 1 aromatic rings. The number of nitrogens with one attached hydrogen (secondary N) is 1. The topological polar surface area (TPSA) is 75.6 Å². The van der Waals surface area contributed by atoms with E-state index in [1.807, 2.05) is 39.0 Å². The van der Waals surface area contributed by atoms with E-state index >= 15 is 0 Å². The second-order valence-electron chi connectivity index (χ2n) is 5.62. The number of carbonyl (C=O) groups is 2. The van der Waals surface area contributed by atoms with Crippen LogP contribution in [0.4, 0.5) is 0 Å². The first-order chi connectivity index (χ1) is 11.5. The summed E-state index contributed by atoms with van der Waals surface area (Å²) in [5.74, 6) is 1.30. The predicted octanol–water partition coefficient (Wildman–Crippen LogP) is 3.18. The third-order valence-electron chi connectivity index (χ3n) is 3.59. The average molecular weight is 353 g/mol. The molecule has 0 aliphatic carbocycles.